The molecule has 3 rings (SSSR count). The smallest absolute Gasteiger partial charge is 0.322 e. The lowest BCUT2D eigenvalue weighted by Gasteiger charge is -2.07. The van der Waals surface area contributed by atoms with E-state index in [1.807, 2.05) is 0 Å². The zero-order chi connectivity index (χ0) is 20.9. The van der Waals surface area contributed by atoms with Gasteiger partial charge in [-0.2, -0.15) is 0 Å². The Labute approximate surface area is 168 Å². The summed E-state index contributed by atoms with van der Waals surface area (Å²) < 4.78 is 34.5. The van der Waals surface area contributed by atoms with Crippen molar-refractivity contribution in [2.24, 2.45) is 0 Å². The number of nitrogens with one attached hydrogen (secondary N) is 1. The molecule has 1 N–H and O–H groups in total. The maximum Gasteiger partial charge on any atom is 0.322 e. The SMILES string of the molecule is CCCCOc1cccc(C(=O)Nc2nnc(-c3cccc(S(C)(=O)=O)c3)o2)c1. The molecule has 0 aliphatic rings. The first kappa shape index (κ1) is 20.5. The molecule has 0 radical (unpaired) electrons. The van der Waals surface area contributed by atoms with Crippen LogP contribution in [0.25, 0.3) is 11.5 Å². The highest BCUT2D eigenvalue weighted by Gasteiger charge is 2.15. The topological polar surface area (TPSA) is 111 Å². The molecule has 9 heteroatoms. The van der Waals surface area contributed by atoms with Gasteiger partial charge in [0.1, 0.15) is 5.75 Å². The van der Waals surface area contributed by atoms with E-state index in [1.54, 1.807) is 36.4 Å². The summed E-state index contributed by atoms with van der Waals surface area (Å²) in [6, 6.07) is 12.8. The lowest BCUT2D eigenvalue weighted by atomic mass is 10.2. The normalized spacial score (nSPS) is 11.2. The minimum Gasteiger partial charge on any atom is -0.494 e. The molecule has 0 spiro atoms. The van der Waals surface area contributed by atoms with Crippen LogP contribution in [0.15, 0.2) is 57.8 Å². The van der Waals surface area contributed by atoms with E-state index in [0.29, 0.717) is 23.5 Å². The average Bonchev–Trinajstić information content (AvgIpc) is 3.16. The quantitative estimate of drug-likeness (QED) is 0.560. The number of carbonyl (C=O) groups excluding carboxylic acids is 1. The molecule has 152 valence electrons. The molecule has 0 atom stereocenters. The number of amides is 1. The van der Waals surface area contributed by atoms with E-state index in [2.05, 4.69) is 22.4 Å². The second-order valence-corrected chi connectivity index (χ2v) is 8.41. The van der Waals surface area contributed by atoms with Crippen molar-refractivity contribution in [2.45, 2.75) is 24.7 Å². The lowest BCUT2D eigenvalue weighted by molar-refractivity contribution is 0.102. The molecular weight excluding hydrogens is 394 g/mol. The monoisotopic (exact) mass is 415 g/mol. The minimum atomic E-state index is -3.37. The van der Waals surface area contributed by atoms with Crippen molar-refractivity contribution < 1.29 is 22.4 Å². The first-order valence-corrected chi connectivity index (χ1v) is 10.9. The Morgan fingerprint density at radius 3 is 2.69 bits per heavy atom. The molecule has 29 heavy (non-hydrogen) atoms. The number of hydrogen-bond donors (Lipinski definition) is 1. The predicted octanol–water partition coefficient (Wildman–Crippen LogP) is 3.57. The zero-order valence-corrected chi connectivity index (χ0v) is 16.9. The highest BCUT2D eigenvalue weighted by atomic mass is 32.2. The molecule has 1 aromatic heterocycles. The molecule has 0 aliphatic carbocycles. The van der Waals surface area contributed by atoms with Gasteiger partial charge in [0.05, 0.1) is 11.5 Å². The van der Waals surface area contributed by atoms with Crippen molar-refractivity contribution in [1.29, 1.82) is 0 Å². The van der Waals surface area contributed by atoms with Gasteiger partial charge in [-0.3, -0.25) is 10.1 Å². The fourth-order valence-corrected chi connectivity index (χ4v) is 3.15. The number of nitrogens with zero attached hydrogens (tertiary/aromatic N) is 2. The van der Waals surface area contributed by atoms with Gasteiger partial charge in [0.15, 0.2) is 9.84 Å². The predicted molar refractivity (Wildman–Crippen MR) is 108 cm³/mol. The molecule has 8 nitrogen and oxygen atoms in total. The van der Waals surface area contributed by atoms with Gasteiger partial charge in [0, 0.05) is 17.4 Å². The summed E-state index contributed by atoms with van der Waals surface area (Å²) in [5, 5.41) is 10.2. The van der Waals surface area contributed by atoms with Crippen LogP contribution in [0.4, 0.5) is 6.01 Å². The zero-order valence-electron chi connectivity index (χ0n) is 16.1. The Bertz CT molecular complexity index is 1110. The van der Waals surface area contributed by atoms with E-state index >= 15 is 0 Å². The molecule has 1 heterocycles. The Morgan fingerprint density at radius 2 is 1.93 bits per heavy atom. The number of hydrogen-bond acceptors (Lipinski definition) is 7. The third kappa shape index (κ3) is 5.41. The summed E-state index contributed by atoms with van der Waals surface area (Å²) in [5.74, 6) is 0.281. The molecule has 0 unspecified atom stereocenters. The number of ether oxygens (including phenoxy) is 1. The van der Waals surface area contributed by atoms with Gasteiger partial charge >= 0.3 is 6.01 Å². The first-order chi connectivity index (χ1) is 13.9. The van der Waals surface area contributed by atoms with E-state index in [4.69, 9.17) is 9.15 Å². The summed E-state index contributed by atoms with van der Waals surface area (Å²) >= 11 is 0. The van der Waals surface area contributed by atoms with Crippen molar-refractivity contribution in [3.8, 4) is 17.2 Å². The molecule has 1 amide bonds. The van der Waals surface area contributed by atoms with Crippen LogP contribution in [0.5, 0.6) is 5.75 Å². The van der Waals surface area contributed by atoms with Crippen LogP contribution in [0.3, 0.4) is 0 Å². The number of sulfone groups is 1. The fourth-order valence-electron chi connectivity index (χ4n) is 2.48. The third-order valence-corrected chi connectivity index (χ3v) is 5.13. The number of benzene rings is 2. The first-order valence-electron chi connectivity index (χ1n) is 9.05. The van der Waals surface area contributed by atoms with Crippen LogP contribution < -0.4 is 10.1 Å². The highest BCUT2D eigenvalue weighted by Crippen LogP contribution is 2.23. The van der Waals surface area contributed by atoms with Gasteiger partial charge in [-0.1, -0.05) is 30.6 Å². The lowest BCUT2D eigenvalue weighted by Crippen LogP contribution is -2.12. The Hall–Kier alpha value is -3.20. The Balaban J connectivity index is 1.72. The third-order valence-electron chi connectivity index (χ3n) is 4.02. The standard InChI is InChI=1S/C20H21N3O5S/c1-3-4-11-27-16-9-5-7-14(12-16)18(24)21-20-23-22-19(28-20)15-8-6-10-17(13-15)29(2,25)26/h5-10,12-13H,3-4,11H2,1-2H3,(H,21,23,24). The van der Waals surface area contributed by atoms with Gasteiger partial charge in [0.2, 0.25) is 5.89 Å². The van der Waals surface area contributed by atoms with E-state index in [1.165, 1.54) is 12.1 Å². The van der Waals surface area contributed by atoms with E-state index in [9.17, 15) is 13.2 Å². The van der Waals surface area contributed by atoms with Crippen molar-refractivity contribution in [1.82, 2.24) is 10.2 Å². The van der Waals surface area contributed by atoms with Crippen molar-refractivity contribution in [3.63, 3.8) is 0 Å². The molecule has 0 aliphatic heterocycles. The Kier molecular flexibility index (Phi) is 6.28. The van der Waals surface area contributed by atoms with Crippen LogP contribution in [0.1, 0.15) is 30.1 Å². The number of aromatic nitrogens is 2. The van der Waals surface area contributed by atoms with E-state index in [-0.39, 0.29) is 16.8 Å². The number of unbranched alkanes of at least 4 members (excludes halogenated alkanes) is 1. The van der Waals surface area contributed by atoms with E-state index in [0.717, 1.165) is 19.1 Å². The fraction of sp³-hybridized carbons (Fsp3) is 0.250. The van der Waals surface area contributed by atoms with Gasteiger partial charge < -0.3 is 9.15 Å². The largest absolute Gasteiger partial charge is 0.494 e. The van der Waals surface area contributed by atoms with Crippen LogP contribution in [-0.4, -0.2) is 37.4 Å². The van der Waals surface area contributed by atoms with Gasteiger partial charge in [-0.25, -0.2) is 8.42 Å². The van der Waals surface area contributed by atoms with Crippen LogP contribution in [0.2, 0.25) is 0 Å². The van der Waals surface area contributed by atoms with E-state index < -0.39 is 15.7 Å². The molecule has 0 fully saturated rings. The van der Waals surface area contributed by atoms with Gasteiger partial charge in [-0.05, 0) is 42.8 Å². The highest BCUT2D eigenvalue weighted by molar-refractivity contribution is 7.90. The summed E-state index contributed by atoms with van der Waals surface area (Å²) in [4.78, 5) is 12.6. The minimum absolute atomic E-state index is 0.0907. The van der Waals surface area contributed by atoms with Crippen LogP contribution in [-0.2, 0) is 9.84 Å². The van der Waals surface area contributed by atoms with Gasteiger partial charge in [0.25, 0.3) is 5.91 Å². The number of anilines is 1. The van der Waals surface area contributed by atoms with Gasteiger partial charge in [-0.15, -0.1) is 5.10 Å². The van der Waals surface area contributed by atoms with Crippen LogP contribution in [0, 0.1) is 0 Å². The summed E-state index contributed by atoms with van der Waals surface area (Å²) in [6.07, 6.45) is 3.07. The second-order valence-electron chi connectivity index (χ2n) is 6.40. The number of rotatable bonds is 8. The molecule has 0 bridgehead atoms. The van der Waals surface area contributed by atoms with Crippen molar-refractivity contribution in [2.75, 3.05) is 18.2 Å². The maximum absolute atomic E-state index is 12.5. The number of carbonyl (C=O) groups is 1. The second kappa shape index (κ2) is 8.87. The molecule has 0 saturated heterocycles. The van der Waals surface area contributed by atoms with Crippen LogP contribution >= 0.6 is 0 Å². The maximum atomic E-state index is 12.5. The van der Waals surface area contributed by atoms with Crippen molar-refractivity contribution in [3.05, 3.63) is 54.1 Å². The summed E-state index contributed by atoms with van der Waals surface area (Å²) in [5.41, 5.74) is 0.824. The molecule has 0 saturated carbocycles. The molecular formula is C20H21N3O5S. The summed E-state index contributed by atoms with van der Waals surface area (Å²) in [6.45, 7) is 2.66. The average molecular weight is 415 g/mol. The Morgan fingerprint density at radius 1 is 1.14 bits per heavy atom. The molecule has 3 aromatic rings. The molecule has 2 aromatic carbocycles. The summed E-state index contributed by atoms with van der Waals surface area (Å²) in [7, 11) is -3.37. The van der Waals surface area contributed by atoms with Crippen molar-refractivity contribution >= 4 is 21.8 Å².